The molecular formula is C21H34N4O2. The third-order valence-corrected chi connectivity index (χ3v) is 4.78. The lowest BCUT2D eigenvalue weighted by molar-refractivity contribution is -0.127. The number of amides is 2. The highest BCUT2D eigenvalue weighted by Gasteiger charge is 2.19. The van der Waals surface area contributed by atoms with Gasteiger partial charge in [0, 0.05) is 38.8 Å². The van der Waals surface area contributed by atoms with E-state index in [2.05, 4.69) is 58.5 Å². The lowest BCUT2D eigenvalue weighted by Crippen LogP contribution is -2.50. The fourth-order valence-corrected chi connectivity index (χ4v) is 3.18. The van der Waals surface area contributed by atoms with Gasteiger partial charge in [0.15, 0.2) is 0 Å². The van der Waals surface area contributed by atoms with E-state index in [4.69, 9.17) is 0 Å². The first kappa shape index (κ1) is 21.4. The summed E-state index contributed by atoms with van der Waals surface area (Å²) in [5, 5.41) is 5.46. The zero-order valence-electron chi connectivity index (χ0n) is 17.1. The highest BCUT2D eigenvalue weighted by molar-refractivity contribution is 5.85. The zero-order chi connectivity index (χ0) is 19.8. The standard InChI is InChI=1S/C21H34N4O2/c1-16(2)19-7-5-18(6-8-19)14-24-9-11-25(12-10-24)15-21(27)22-13-20(26)23-17(3)4/h5-8,16-17H,9-15H2,1-4H3,(H,22,27)(H,23,26). The summed E-state index contributed by atoms with van der Waals surface area (Å²) in [6, 6.07) is 8.96. The van der Waals surface area contributed by atoms with Crippen molar-refractivity contribution in [2.45, 2.75) is 46.2 Å². The van der Waals surface area contributed by atoms with Gasteiger partial charge in [-0.25, -0.2) is 0 Å². The summed E-state index contributed by atoms with van der Waals surface area (Å²) < 4.78 is 0. The van der Waals surface area contributed by atoms with Crippen LogP contribution in [0, 0.1) is 0 Å². The van der Waals surface area contributed by atoms with Crippen molar-refractivity contribution >= 4 is 11.8 Å². The lowest BCUT2D eigenvalue weighted by Gasteiger charge is -2.34. The van der Waals surface area contributed by atoms with Crippen molar-refractivity contribution in [2.75, 3.05) is 39.3 Å². The molecular weight excluding hydrogens is 340 g/mol. The topological polar surface area (TPSA) is 64.7 Å². The highest BCUT2D eigenvalue weighted by atomic mass is 16.2. The van der Waals surface area contributed by atoms with Crippen LogP contribution in [0.4, 0.5) is 0 Å². The second-order valence-corrected chi connectivity index (χ2v) is 7.95. The number of hydrogen-bond acceptors (Lipinski definition) is 4. The summed E-state index contributed by atoms with van der Waals surface area (Å²) in [6.07, 6.45) is 0. The van der Waals surface area contributed by atoms with Crippen LogP contribution in [0.2, 0.25) is 0 Å². The molecule has 0 aliphatic carbocycles. The smallest absolute Gasteiger partial charge is 0.239 e. The van der Waals surface area contributed by atoms with E-state index >= 15 is 0 Å². The zero-order valence-corrected chi connectivity index (χ0v) is 17.1. The molecule has 0 bridgehead atoms. The van der Waals surface area contributed by atoms with Crippen LogP contribution < -0.4 is 10.6 Å². The van der Waals surface area contributed by atoms with Crippen LogP contribution in [0.1, 0.15) is 44.7 Å². The molecule has 2 N–H and O–H groups in total. The molecule has 0 aromatic heterocycles. The van der Waals surface area contributed by atoms with E-state index < -0.39 is 0 Å². The second kappa shape index (κ2) is 10.4. The van der Waals surface area contributed by atoms with Gasteiger partial charge in [-0.2, -0.15) is 0 Å². The van der Waals surface area contributed by atoms with E-state index in [9.17, 15) is 9.59 Å². The number of carbonyl (C=O) groups is 2. The molecule has 2 rings (SSSR count). The monoisotopic (exact) mass is 374 g/mol. The van der Waals surface area contributed by atoms with Crippen molar-refractivity contribution in [2.24, 2.45) is 0 Å². The Hall–Kier alpha value is -1.92. The summed E-state index contributed by atoms with van der Waals surface area (Å²) in [6.45, 7) is 13.2. The molecule has 1 aliphatic rings. The Morgan fingerprint density at radius 3 is 2.07 bits per heavy atom. The molecule has 1 fully saturated rings. The minimum atomic E-state index is -0.147. The van der Waals surface area contributed by atoms with Gasteiger partial charge in [-0.1, -0.05) is 38.1 Å². The normalized spacial score (nSPS) is 15.9. The molecule has 2 amide bonds. The van der Waals surface area contributed by atoms with Crippen molar-refractivity contribution < 1.29 is 9.59 Å². The molecule has 1 aromatic carbocycles. The van der Waals surface area contributed by atoms with Crippen LogP contribution in [0.15, 0.2) is 24.3 Å². The predicted molar refractivity (Wildman–Crippen MR) is 109 cm³/mol. The van der Waals surface area contributed by atoms with E-state index in [1.54, 1.807) is 0 Å². The van der Waals surface area contributed by atoms with Crippen LogP contribution in [-0.4, -0.2) is 66.9 Å². The number of nitrogens with zero attached hydrogens (tertiary/aromatic N) is 2. The molecule has 0 spiro atoms. The van der Waals surface area contributed by atoms with Gasteiger partial charge in [0.05, 0.1) is 13.1 Å². The van der Waals surface area contributed by atoms with E-state index in [0.717, 1.165) is 32.7 Å². The van der Waals surface area contributed by atoms with Crippen molar-refractivity contribution in [1.82, 2.24) is 20.4 Å². The van der Waals surface area contributed by atoms with Crippen LogP contribution in [0.5, 0.6) is 0 Å². The van der Waals surface area contributed by atoms with Gasteiger partial charge < -0.3 is 10.6 Å². The Kier molecular flexibility index (Phi) is 8.25. The van der Waals surface area contributed by atoms with Crippen molar-refractivity contribution in [3.05, 3.63) is 35.4 Å². The number of carbonyl (C=O) groups excluding carboxylic acids is 2. The van der Waals surface area contributed by atoms with Crippen molar-refractivity contribution in [3.63, 3.8) is 0 Å². The molecule has 150 valence electrons. The van der Waals surface area contributed by atoms with E-state index in [1.807, 2.05) is 13.8 Å². The van der Waals surface area contributed by atoms with Gasteiger partial charge in [0.2, 0.25) is 11.8 Å². The number of piperazine rings is 1. The second-order valence-electron chi connectivity index (χ2n) is 7.95. The van der Waals surface area contributed by atoms with Gasteiger partial charge in [-0.15, -0.1) is 0 Å². The SMILES string of the molecule is CC(C)NC(=O)CNC(=O)CN1CCN(Cc2ccc(C(C)C)cc2)CC1. The Bertz CT molecular complexity index is 605. The first-order valence-electron chi connectivity index (χ1n) is 9.93. The Morgan fingerprint density at radius 1 is 0.926 bits per heavy atom. The molecule has 0 atom stereocenters. The molecule has 0 saturated carbocycles. The summed E-state index contributed by atoms with van der Waals surface area (Å²) in [7, 11) is 0. The average Bonchev–Trinajstić information content (AvgIpc) is 2.61. The number of rotatable bonds is 8. The molecule has 6 nitrogen and oxygen atoms in total. The van der Waals surface area contributed by atoms with Gasteiger partial charge in [-0.3, -0.25) is 19.4 Å². The third-order valence-electron chi connectivity index (χ3n) is 4.78. The summed E-state index contributed by atoms with van der Waals surface area (Å²) in [4.78, 5) is 28.2. The number of benzene rings is 1. The van der Waals surface area contributed by atoms with Crippen molar-refractivity contribution in [3.8, 4) is 0 Å². The summed E-state index contributed by atoms with van der Waals surface area (Å²) in [5.41, 5.74) is 2.71. The molecule has 1 aromatic rings. The van der Waals surface area contributed by atoms with Crippen molar-refractivity contribution in [1.29, 1.82) is 0 Å². The molecule has 1 aliphatic heterocycles. The van der Waals surface area contributed by atoms with Gasteiger partial charge in [0.1, 0.15) is 0 Å². The van der Waals surface area contributed by atoms with Crippen LogP contribution in [0.3, 0.4) is 0 Å². The van der Waals surface area contributed by atoms with Crippen LogP contribution >= 0.6 is 0 Å². The van der Waals surface area contributed by atoms with Crippen LogP contribution in [0.25, 0.3) is 0 Å². The summed E-state index contributed by atoms with van der Waals surface area (Å²) >= 11 is 0. The molecule has 27 heavy (non-hydrogen) atoms. The molecule has 0 radical (unpaired) electrons. The lowest BCUT2D eigenvalue weighted by atomic mass is 10.0. The average molecular weight is 375 g/mol. The summed E-state index contributed by atoms with van der Waals surface area (Å²) in [5.74, 6) is 0.323. The fraction of sp³-hybridized carbons (Fsp3) is 0.619. The minimum Gasteiger partial charge on any atom is -0.352 e. The predicted octanol–water partition coefficient (Wildman–Crippen LogP) is 1.57. The molecule has 1 saturated heterocycles. The van der Waals surface area contributed by atoms with Crippen LogP contribution in [-0.2, 0) is 16.1 Å². The third kappa shape index (κ3) is 7.69. The van der Waals surface area contributed by atoms with Gasteiger partial charge >= 0.3 is 0 Å². The van der Waals surface area contributed by atoms with E-state index in [1.165, 1.54) is 11.1 Å². The Labute approximate surface area is 163 Å². The van der Waals surface area contributed by atoms with Gasteiger partial charge in [-0.05, 0) is 30.9 Å². The maximum atomic E-state index is 12.0. The minimum absolute atomic E-state index is 0.0450. The molecule has 0 unspecified atom stereocenters. The van der Waals surface area contributed by atoms with E-state index in [-0.39, 0.29) is 24.4 Å². The maximum Gasteiger partial charge on any atom is 0.239 e. The fourth-order valence-electron chi connectivity index (χ4n) is 3.18. The largest absolute Gasteiger partial charge is 0.352 e. The Balaban J connectivity index is 1.67. The Morgan fingerprint density at radius 2 is 1.52 bits per heavy atom. The maximum absolute atomic E-state index is 12.0. The molecule has 1 heterocycles. The number of nitrogens with one attached hydrogen (secondary N) is 2. The number of hydrogen-bond donors (Lipinski definition) is 2. The van der Waals surface area contributed by atoms with Gasteiger partial charge in [0.25, 0.3) is 0 Å². The van der Waals surface area contributed by atoms with E-state index in [0.29, 0.717) is 12.5 Å². The molecule has 6 heteroatoms. The quantitative estimate of drug-likeness (QED) is 0.725. The first-order valence-corrected chi connectivity index (χ1v) is 9.93. The highest BCUT2D eigenvalue weighted by Crippen LogP contribution is 2.16. The first-order chi connectivity index (χ1) is 12.8.